The summed E-state index contributed by atoms with van der Waals surface area (Å²) in [5.74, 6) is -2.98. The zero-order valence-corrected chi connectivity index (χ0v) is 14.8. The van der Waals surface area contributed by atoms with E-state index in [1.54, 1.807) is 6.07 Å². The highest BCUT2D eigenvalue weighted by Gasteiger charge is 2.16. The van der Waals surface area contributed by atoms with Crippen molar-refractivity contribution in [1.82, 2.24) is 10.3 Å². The standard InChI is InChI=1S/C18H21F2N3OS/c1-2-23(14-8-4-3-5-9-14)13-7-12-21-16(24)15-10-6-11-22-17(15)25-18(19)20/h3-6,8-11,18H,2,7,12-13H2,1H3,(H,21,24). The summed E-state index contributed by atoms with van der Waals surface area (Å²) in [6.07, 6.45) is 2.16. The first-order valence-corrected chi connectivity index (χ1v) is 8.97. The Morgan fingerprint density at radius 1 is 1.24 bits per heavy atom. The van der Waals surface area contributed by atoms with Crippen molar-refractivity contribution in [3.8, 4) is 0 Å². The Morgan fingerprint density at radius 2 is 2.00 bits per heavy atom. The van der Waals surface area contributed by atoms with Gasteiger partial charge in [-0.05, 0) is 49.4 Å². The van der Waals surface area contributed by atoms with Gasteiger partial charge in [0.1, 0.15) is 5.03 Å². The third-order valence-corrected chi connectivity index (χ3v) is 4.34. The van der Waals surface area contributed by atoms with Crippen LogP contribution in [0.1, 0.15) is 23.7 Å². The number of hydrogen-bond donors (Lipinski definition) is 1. The Balaban J connectivity index is 1.84. The molecule has 2 rings (SSSR count). The zero-order chi connectivity index (χ0) is 18.1. The van der Waals surface area contributed by atoms with Gasteiger partial charge in [0, 0.05) is 31.5 Å². The number of halogens is 2. The monoisotopic (exact) mass is 365 g/mol. The molecule has 0 radical (unpaired) electrons. The summed E-state index contributed by atoms with van der Waals surface area (Å²) in [5, 5.41) is 2.83. The van der Waals surface area contributed by atoms with Crippen LogP contribution in [0.15, 0.2) is 53.7 Å². The lowest BCUT2D eigenvalue weighted by molar-refractivity contribution is 0.0949. The molecule has 0 atom stereocenters. The van der Waals surface area contributed by atoms with E-state index in [0.29, 0.717) is 6.54 Å². The van der Waals surface area contributed by atoms with E-state index in [9.17, 15) is 13.6 Å². The van der Waals surface area contributed by atoms with Gasteiger partial charge in [-0.1, -0.05) is 18.2 Å². The first-order valence-electron chi connectivity index (χ1n) is 8.09. The predicted molar refractivity (Wildman–Crippen MR) is 97.4 cm³/mol. The second-order valence-corrected chi connectivity index (χ2v) is 6.24. The fraction of sp³-hybridized carbons (Fsp3) is 0.333. The number of pyridine rings is 1. The molecule has 0 saturated carbocycles. The topological polar surface area (TPSA) is 45.2 Å². The van der Waals surface area contributed by atoms with Gasteiger partial charge in [-0.25, -0.2) is 4.98 Å². The highest BCUT2D eigenvalue weighted by molar-refractivity contribution is 7.99. The maximum atomic E-state index is 12.5. The number of alkyl halides is 2. The highest BCUT2D eigenvalue weighted by atomic mass is 32.2. The highest BCUT2D eigenvalue weighted by Crippen LogP contribution is 2.26. The van der Waals surface area contributed by atoms with E-state index < -0.39 is 5.76 Å². The molecule has 0 aliphatic carbocycles. The van der Waals surface area contributed by atoms with Gasteiger partial charge < -0.3 is 10.2 Å². The SMILES string of the molecule is CCN(CCCNC(=O)c1cccnc1SC(F)F)c1ccccc1. The fourth-order valence-corrected chi connectivity index (χ4v) is 3.00. The number of aromatic nitrogens is 1. The quantitative estimate of drug-likeness (QED) is 0.538. The average Bonchev–Trinajstić information content (AvgIpc) is 2.62. The molecule has 134 valence electrons. The van der Waals surface area contributed by atoms with Crippen molar-refractivity contribution >= 4 is 23.4 Å². The summed E-state index contributed by atoms with van der Waals surface area (Å²) in [5.41, 5.74) is 1.32. The molecule has 1 aromatic carbocycles. The maximum absolute atomic E-state index is 12.5. The summed E-state index contributed by atoms with van der Waals surface area (Å²) in [7, 11) is 0. The van der Waals surface area contributed by atoms with Crippen LogP contribution >= 0.6 is 11.8 Å². The minimum absolute atomic E-state index is 0.0504. The molecule has 4 nitrogen and oxygen atoms in total. The van der Waals surface area contributed by atoms with E-state index >= 15 is 0 Å². The number of hydrogen-bond acceptors (Lipinski definition) is 4. The molecule has 0 aliphatic rings. The molecule has 2 aromatic rings. The number of nitrogens with one attached hydrogen (secondary N) is 1. The molecule has 0 spiro atoms. The van der Waals surface area contributed by atoms with Crippen molar-refractivity contribution in [3.05, 3.63) is 54.2 Å². The minimum atomic E-state index is -2.61. The van der Waals surface area contributed by atoms with Crippen LogP contribution < -0.4 is 10.2 Å². The predicted octanol–water partition coefficient (Wildman–Crippen LogP) is 4.04. The van der Waals surface area contributed by atoms with E-state index in [2.05, 4.69) is 22.1 Å². The van der Waals surface area contributed by atoms with Gasteiger partial charge in [0.2, 0.25) is 0 Å². The van der Waals surface area contributed by atoms with Gasteiger partial charge in [-0.3, -0.25) is 4.79 Å². The summed E-state index contributed by atoms with van der Waals surface area (Å²) >= 11 is 0.285. The number of benzene rings is 1. The third-order valence-electron chi connectivity index (χ3n) is 3.61. The first kappa shape index (κ1) is 19.2. The largest absolute Gasteiger partial charge is 0.372 e. The van der Waals surface area contributed by atoms with Crippen molar-refractivity contribution < 1.29 is 13.6 Å². The second kappa shape index (κ2) is 9.98. The van der Waals surface area contributed by atoms with Gasteiger partial charge >= 0.3 is 0 Å². The molecule has 0 unspecified atom stereocenters. The Kier molecular flexibility index (Phi) is 7.66. The van der Waals surface area contributed by atoms with Crippen molar-refractivity contribution in [2.24, 2.45) is 0 Å². The number of carbonyl (C=O) groups is 1. The Hall–Kier alpha value is -2.15. The number of amides is 1. The number of rotatable bonds is 9. The molecular weight excluding hydrogens is 344 g/mol. The number of nitrogens with zero attached hydrogens (tertiary/aromatic N) is 2. The Morgan fingerprint density at radius 3 is 2.68 bits per heavy atom. The van der Waals surface area contributed by atoms with Crippen LogP contribution in [0.25, 0.3) is 0 Å². The van der Waals surface area contributed by atoms with Crippen LogP contribution in [0, 0.1) is 0 Å². The summed E-state index contributed by atoms with van der Waals surface area (Å²) in [4.78, 5) is 18.3. The summed E-state index contributed by atoms with van der Waals surface area (Å²) < 4.78 is 25.1. The number of anilines is 1. The minimum Gasteiger partial charge on any atom is -0.372 e. The molecule has 0 fully saturated rings. The van der Waals surface area contributed by atoms with Crippen molar-refractivity contribution in [2.75, 3.05) is 24.5 Å². The Labute approximate surface area is 150 Å². The molecule has 1 aromatic heterocycles. The molecule has 0 saturated heterocycles. The van der Waals surface area contributed by atoms with E-state index in [0.717, 1.165) is 25.2 Å². The lowest BCUT2D eigenvalue weighted by Crippen LogP contribution is -2.30. The molecule has 7 heteroatoms. The van der Waals surface area contributed by atoms with Gasteiger partial charge in [0.25, 0.3) is 11.7 Å². The van der Waals surface area contributed by atoms with Crippen LogP contribution in [-0.2, 0) is 0 Å². The fourth-order valence-electron chi connectivity index (χ4n) is 2.42. The molecular formula is C18H21F2N3OS. The van der Waals surface area contributed by atoms with Crippen LogP contribution in [0.5, 0.6) is 0 Å². The first-order chi connectivity index (χ1) is 12.1. The summed E-state index contributed by atoms with van der Waals surface area (Å²) in [6.45, 7) is 4.22. The lowest BCUT2D eigenvalue weighted by Gasteiger charge is -2.23. The molecule has 1 heterocycles. The lowest BCUT2D eigenvalue weighted by atomic mass is 10.2. The molecule has 1 amide bonds. The van der Waals surface area contributed by atoms with Crippen LogP contribution in [0.3, 0.4) is 0 Å². The second-order valence-electron chi connectivity index (χ2n) is 5.26. The molecule has 25 heavy (non-hydrogen) atoms. The van der Waals surface area contributed by atoms with Gasteiger partial charge in [-0.15, -0.1) is 0 Å². The van der Waals surface area contributed by atoms with Gasteiger partial charge in [0.05, 0.1) is 5.56 Å². The van der Waals surface area contributed by atoms with Crippen molar-refractivity contribution in [1.29, 1.82) is 0 Å². The van der Waals surface area contributed by atoms with E-state index in [1.165, 1.54) is 12.3 Å². The average molecular weight is 365 g/mol. The summed E-state index contributed by atoms with van der Waals surface area (Å²) in [6, 6.07) is 13.1. The molecule has 1 N–H and O–H groups in total. The van der Waals surface area contributed by atoms with E-state index in [1.807, 2.05) is 30.3 Å². The smallest absolute Gasteiger partial charge is 0.290 e. The van der Waals surface area contributed by atoms with Gasteiger partial charge in [0.15, 0.2) is 0 Å². The third kappa shape index (κ3) is 6.01. The van der Waals surface area contributed by atoms with Crippen LogP contribution in [0.4, 0.5) is 14.5 Å². The van der Waals surface area contributed by atoms with E-state index in [4.69, 9.17) is 0 Å². The zero-order valence-electron chi connectivity index (χ0n) is 14.0. The van der Waals surface area contributed by atoms with Gasteiger partial charge in [-0.2, -0.15) is 8.78 Å². The Bertz CT molecular complexity index is 670. The van der Waals surface area contributed by atoms with Crippen LogP contribution in [0.2, 0.25) is 0 Å². The van der Waals surface area contributed by atoms with Crippen molar-refractivity contribution in [2.45, 2.75) is 24.1 Å². The number of para-hydroxylation sites is 1. The molecule has 0 bridgehead atoms. The van der Waals surface area contributed by atoms with Crippen molar-refractivity contribution in [3.63, 3.8) is 0 Å². The van der Waals surface area contributed by atoms with E-state index in [-0.39, 0.29) is 28.3 Å². The number of carbonyl (C=O) groups excluding carboxylic acids is 1. The number of thioether (sulfide) groups is 1. The van der Waals surface area contributed by atoms with Crippen LogP contribution in [-0.4, -0.2) is 36.3 Å². The molecule has 0 aliphatic heterocycles. The maximum Gasteiger partial charge on any atom is 0.290 e. The normalized spacial score (nSPS) is 10.7.